The maximum Gasteiger partial charge on any atom is 0.335 e. The first-order valence-corrected chi connectivity index (χ1v) is 8.87. The summed E-state index contributed by atoms with van der Waals surface area (Å²) in [5.41, 5.74) is 8.01. The Morgan fingerprint density at radius 2 is 2.28 bits per heavy atom. The Labute approximate surface area is 153 Å². The molecule has 8 heteroatoms. The molecule has 1 atom stereocenters. The number of esters is 1. The van der Waals surface area contributed by atoms with Gasteiger partial charge in [-0.25, -0.2) is 9.78 Å². The van der Waals surface area contributed by atoms with E-state index < -0.39 is 17.9 Å². The molecule has 132 valence electrons. The lowest BCUT2D eigenvalue weighted by Gasteiger charge is -2.17. The highest BCUT2D eigenvalue weighted by molar-refractivity contribution is 9.10. The summed E-state index contributed by atoms with van der Waals surface area (Å²) in [6.07, 6.45) is 3.51. The molecule has 7 nitrogen and oxygen atoms in total. The number of hydrogen-bond acceptors (Lipinski definition) is 5. The molecule has 1 aliphatic heterocycles. The van der Waals surface area contributed by atoms with Gasteiger partial charge in [-0.3, -0.25) is 4.79 Å². The van der Waals surface area contributed by atoms with Crippen LogP contribution in [0.15, 0.2) is 29.0 Å². The third-order valence-electron chi connectivity index (χ3n) is 4.12. The number of nitrogen functional groups attached to an aromatic ring is 1. The van der Waals surface area contributed by atoms with E-state index in [0.717, 1.165) is 29.6 Å². The first-order valence-electron chi connectivity index (χ1n) is 8.07. The second kappa shape index (κ2) is 7.26. The maximum absolute atomic E-state index is 12.7. The smallest absolute Gasteiger partial charge is 0.335 e. The summed E-state index contributed by atoms with van der Waals surface area (Å²) >= 11 is 3.32. The zero-order chi connectivity index (χ0) is 18.0. The quantitative estimate of drug-likeness (QED) is 0.585. The Morgan fingerprint density at radius 3 is 3.04 bits per heavy atom. The van der Waals surface area contributed by atoms with Crippen molar-refractivity contribution in [1.82, 2.24) is 14.9 Å². The van der Waals surface area contributed by atoms with Gasteiger partial charge in [-0.15, -0.1) is 0 Å². The largest absolute Gasteiger partial charge is 0.464 e. The third-order valence-corrected chi connectivity index (χ3v) is 4.62. The highest BCUT2D eigenvalue weighted by atomic mass is 79.9. The van der Waals surface area contributed by atoms with Crippen molar-refractivity contribution in [2.24, 2.45) is 0 Å². The molecule has 1 amide bonds. The Morgan fingerprint density at radius 1 is 1.48 bits per heavy atom. The van der Waals surface area contributed by atoms with Crippen LogP contribution >= 0.6 is 15.9 Å². The third kappa shape index (κ3) is 3.53. The summed E-state index contributed by atoms with van der Waals surface area (Å²) < 4.78 is 7.86. The Bertz CT molecular complexity index is 818. The molecule has 3 rings (SSSR count). The van der Waals surface area contributed by atoms with Gasteiger partial charge in [0.2, 0.25) is 0 Å². The lowest BCUT2D eigenvalue weighted by Crippen LogP contribution is -2.36. The minimum atomic E-state index is -0.958. The maximum atomic E-state index is 12.7. The van der Waals surface area contributed by atoms with E-state index in [1.54, 1.807) is 31.5 Å². The normalized spacial score (nSPS) is 14.0. The molecule has 2 heterocycles. The van der Waals surface area contributed by atoms with E-state index >= 15 is 0 Å². The predicted octanol–water partition coefficient (Wildman–Crippen LogP) is 2.21. The van der Waals surface area contributed by atoms with Crippen molar-refractivity contribution >= 4 is 33.5 Å². The predicted molar refractivity (Wildman–Crippen MR) is 95.9 cm³/mol. The number of carbonyl (C=O) groups excluding carboxylic acids is 2. The van der Waals surface area contributed by atoms with Crippen molar-refractivity contribution in [3.63, 3.8) is 0 Å². The number of amides is 1. The molecule has 0 bridgehead atoms. The van der Waals surface area contributed by atoms with Gasteiger partial charge in [0.1, 0.15) is 0 Å². The first-order chi connectivity index (χ1) is 12.0. The number of ether oxygens (including phenoxy) is 1. The van der Waals surface area contributed by atoms with Crippen molar-refractivity contribution in [2.75, 3.05) is 12.3 Å². The van der Waals surface area contributed by atoms with Crippen molar-refractivity contribution in [3.8, 4) is 0 Å². The van der Waals surface area contributed by atoms with Crippen LogP contribution in [0.4, 0.5) is 5.69 Å². The van der Waals surface area contributed by atoms with E-state index in [-0.39, 0.29) is 6.61 Å². The summed E-state index contributed by atoms with van der Waals surface area (Å²) in [6, 6.07) is 4.04. The van der Waals surface area contributed by atoms with Crippen molar-refractivity contribution < 1.29 is 14.3 Å². The number of anilines is 1. The lowest BCUT2D eigenvalue weighted by molar-refractivity contribution is -0.145. The molecular weight excluding hydrogens is 388 g/mol. The first kappa shape index (κ1) is 17.5. The van der Waals surface area contributed by atoms with Gasteiger partial charge < -0.3 is 20.4 Å². The number of nitrogens with zero attached hydrogens (tertiary/aromatic N) is 2. The van der Waals surface area contributed by atoms with Crippen LogP contribution in [-0.4, -0.2) is 28.0 Å². The molecule has 0 radical (unpaired) electrons. The number of rotatable bonds is 5. The van der Waals surface area contributed by atoms with Gasteiger partial charge in [-0.1, -0.05) is 15.9 Å². The number of hydrogen-bond donors (Lipinski definition) is 2. The molecule has 0 spiro atoms. The van der Waals surface area contributed by atoms with E-state index in [1.165, 1.54) is 0 Å². The Kier molecular flexibility index (Phi) is 5.08. The Balaban J connectivity index is 1.91. The van der Waals surface area contributed by atoms with Gasteiger partial charge in [0, 0.05) is 22.4 Å². The van der Waals surface area contributed by atoms with Gasteiger partial charge >= 0.3 is 5.97 Å². The summed E-state index contributed by atoms with van der Waals surface area (Å²) in [5.74, 6) is -0.977. The van der Waals surface area contributed by atoms with E-state index in [4.69, 9.17) is 10.5 Å². The minimum absolute atomic E-state index is 0.222. The number of aryl methyl sites for hydroxylation is 1. The van der Waals surface area contributed by atoms with Crippen molar-refractivity contribution in [1.29, 1.82) is 0 Å². The van der Waals surface area contributed by atoms with Crippen LogP contribution < -0.4 is 11.1 Å². The fraction of sp³-hybridized carbons (Fsp3) is 0.353. The highest BCUT2D eigenvalue weighted by Crippen LogP contribution is 2.25. The van der Waals surface area contributed by atoms with Crippen LogP contribution in [0.3, 0.4) is 0 Å². The molecule has 25 heavy (non-hydrogen) atoms. The summed E-state index contributed by atoms with van der Waals surface area (Å²) in [6.45, 7) is 2.81. The summed E-state index contributed by atoms with van der Waals surface area (Å²) in [4.78, 5) is 29.4. The zero-order valence-corrected chi connectivity index (χ0v) is 15.4. The van der Waals surface area contributed by atoms with Crippen LogP contribution in [0.5, 0.6) is 0 Å². The number of nitrogens with two attached hydrogens (primary N) is 1. The summed E-state index contributed by atoms with van der Waals surface area (Å²) in [5, 5.41) is 2.73. The SMILES string of the molecule is CCOC(=O)C(NC(=O)c1cc(Br)ccc1N)c1ncn2c1CCC2. The molecule has 0 aliphatic carbocycles. The molecule has 1 aromatic carbocycles. The number of imidazole rings is 1. The van der Waals surface area contributed by atoms with Crippen LogP contribution in [0.2, 0.25) is 0 Å². The minimum Gasteiger partial charge on any atom is -0.464 e. The van der Waals surface area contributed by atoms with E-state index in [2.05, 4.69) is 26.2 Å². The lowest BCUT2D eigenvalue weighted by atomic mass is 10.1. The number of halogens is 1. The van der Waals surface area contributed by atoms with Gasteiger partial charge in [0.25, 0.3) is 5.91 Å². The number of fused-ring (bicyclic) bond motifs is 1. The van der Waals surface area contributed by atoms with Crippen LogP contribution in [0, 0.1) is 0 Å². The molecule has 3 N–H and O–H groups in total. The molecule has 1 aliphatic rings. The van der Waals surface area contributed by atoms with E-state index in [1.807, 2.05) is 4.57 Å². The van der Waals surface area contributed by atoms with E-state index in [9.17, 15) is 9.59 Å². The average molecular weight is 407 g/mol. The number of benzene rings is 1. The second-order valence-electron chi connectivity index (χ2n) is 5.76. The fourth-order valence-corrected chi connectivity index (χ4v) is 3.31. The van der Waals surface area contributed by atoms with E-state index in [0.29, 0.717) is 16.9 Å². The monoisotopic (exact) mass is 406 g/mol. The Hall–Kier alpha value is -2.35. The highest BCUT2D eigenvalue weighted by Gasteiger charge is 2.31. The number of nitrogens with one attached hydrogen (secondary N) is 1. The van der Waals surface area contributed by atoms with Crippen LogP contribution in [0.25, 0.3) is 0 Å². The fourth-order valence-electron chi connectivity index (χ4n) is 2.94. The molecular formula is C17H19BrN4O3. The molecule has 2 aromatic rings. The van der Waals surface area contributed by atoms with Gasteiger partial charge in [0.05, 0.1) is 24.2 Å². The summed E-state index contributed by atoms with van der Waals surface area (Å²) in [7, 11) is 0. The van der Waals surface area contributed by atoms with Crippen molar-refractivity contribution in [2.45, 2.75) is 32.4 Å². The van der Waals surface area contributed by atoms with Crippen LogP contribution in [0.1, 0.15) is 41.1 Å². The number of carbonyl (C=O) groups is 2. The topological polar surface area (TPSA) is 99.2 Å². The molecule has 0 saturated heterocycles. The molecule has 0 saturated carbocycles. The van der Waals surface area contributed by atoms with Gasteiger partial charge in [-0.05, 0) is 38.0 Å². The number of aromatic nitrogens is 2. The van der Waals surface area contributed by atoms with Gasteiger partial charge in [0.15, 0.2) is 6.04 Å². The molecule has 1 unspecified atom stereocenters. The van der Waals surface area contributed by atoms with Crippen LogP contribution in [-0.2, 0) is 22.5 Å². The molecule has 0 fully saturated rings. The zero-order valence-electron chi connectivity index (χ0n) is 13.8. The average Bonchev–Trinajstić information content (AvgIpc) is 3.18. The standard InChI is InChI=1S/C17H19BrN4O3/c1-2-25-17(24)15(14-13-4-3-7-22(13)9-20-14)21-16(23)11-8-10(18)5-6-12(11)19/h5-6,8-9,15H,2-4,7,19H2,1H3,(H,21,23). The van der Waals surface area contributed by atoms with Gasteiger partial charge in [-0.2, -0.15) is 0 Å². The molecule has 1 aromatic heterocycles. The second-order valence-corrected chi connectivity index (χ2v) is 6.68. The van der Waals surface area contributed by atoms with Crippen molar-refractivity contribution in [3.05, 3.63) is 46.0 Å².